The first-order valence-corrected chi connectivity index (χ1v) is 7.09. The van der Waals surface area contributed by atoms with Gasteiger partial charge in [0.1, 0.15) is 11.8 Å². The molecule has 106 valence electrons. The lowest BCUT2D eigenvalue weighted by Crippen LogP contribution is -2.46. The van der Waals surface area contributed by atoms with Crippen molar-refractivity contribution in [2.24, 2.45) is 0 Å². The van der Waals surface area contributed by atoms with Gasteiger partial charge in [0.25, 0.3) is 0 Å². The van der Waals surface area contributed by atoms with Crippen molar-refractivity contribution in [3.05, 3.63) is 17.8 Å². The van der Waals surface area contributed by atoms with Crippen LogP contribution in [0, 0.1) is 6.92 Å². The number of urea groups is 1. The van der Waals surface area contributed by atoms with Gasteiger partial charge in [0.15, 0.2) is 0 Å². The van der Waals surface area contributed by atoms with E-state index in [4.69, 9.17) is 9.52 Å². The molecule has 19 heavy (non-hydrogen) atoms. The van der Waals surface area contributed by atoms with Gasteiger partial charge in [-0.15, -0.1) is 0 Å². The second-order valence-corrected chi connectivity index (χ2v) is 4.85. The van der Waals surface area contributed by atoms with Gasteiger partial charge in [0.2, 0.25) is 5.89 Å². The first-order chi connectivity index (χ1) is 9.02. The molecule has 0 aromatic carbocycles. The summed E-state index contributed by atoms with van der Waals surface area (Å²) in [6, 6.07) is -1.44. The van der Waals surface area contributed by atoms with Crippen molar-refractivity contribution >= 4 is 23.8 Å². The van der Waals surface area contributed by atoms with Gasteiger partial charge in [0, 0.05) is 0 Å². The number of aromatic nitrogens is 1. The predicted octanol–water partition coefficient (Wildman–Crippen LogP) is 0.989. The lowest BCUT2D eigenvalue weighted by molar-refractivity contribution is -0.139. The van der Waals surface area contributed by atoms with Crippen molar-refractivity contribution in [2.45, 2.75) is 25.9 Å². The number of aryl methyl sites for hydroxylation is 1. The summed E-state index contributed by atoms with van der Waals surface area (Å²) >= 11 is 1.53. The summed E-state index contributed by atoms with van der Waals surface area (Å²) in [5.41, 5.74) is 0. The highest BCUT2D eigenvalue weighted by Crippen LogP contribution is 2.02. The van der Waals surface area contributed by atoms with E-state index in [1.807, 2.05) is 6.26 Å². The third-order valence-electron chi connectivity index (χ3n) is 2.28. The second kappa shape index (κ2) is 7.67. The lowest BCUT2D eigenvalue weighted by atomic mass is 10.2. The number of hydrogen-bond acceptors (Lipinski definition) is 5. The molecule has 1 heterocycles. The lowest BCUT2D eigenvalue weighted by Gasteiger charge is -2.14. The van der Waals surface area contributed by atoms with Crippen LogP contribution in [0.5, 0.6) is 0 Å². The Morgan fingerprint density at radius 2 is 2.32 bits per heavy atom. The van der Waals surface area contributed by atoms with Crippen LogP contribution >= 0.6 is 11.8 Å². The third-order valence-corrected chi connectivity index (χ3v) is 2.93. The van der Waals surface area contributed by atoms with E-state index in [2.05, 4.69) is 15.6 Å². The number of oxazole rings is 1. The molecule has 0 bridgehead atoms. The predicted molar refractivity (Wildman–Crippen MR) is 71.0 cm³/mol. The Balaban J connectivity index is 2.37. The highest BCUT2D eigenvalue weighted by atomic mass is 32.2. The first-order valence-electron chi connectivity index (χ1n) is 5.70. The van der Waals surface area contributed by atoms with Crippen LogP contribution in [0.2, 0.25) is 0 Å². The van der Waals surface area contributed by atoms with Crippen molar-refractivity contribution in [3.63, 3.8) is 0 Å². The van der Waals surface area contributed by atoms with Crippen molar-refractivity contribution in [1.29, 1.82) is 0 Å². The zero-order chi connectivity index (χ0) is 14.3. The summed E-state index contributed by atoms with van der Waals surface area (Å²) in [4.78, 5) is 26.4. The maximum Gasteiger partial charge on any atom is 0.326 e. The van der Waals surface area contributed by atoms with E-state index in [1.54, 1.807) is 13.1 Å². The summed E-state index contributed by atoms with van der Waals surface area (Å²) in [7, 11) is 0. The van der Waals surface area contributed by atoms with Gasteiger partial charge >= 0.3 is 12.0 Å². The number of nitrogens with one attached hydrogen (secondary N) is 2. The van der Waals surface area contributed by atoms with Gasteiger partial charge in [-0.05, 0) is 25.4 Å². The molecular weight excluding hydrogens is 270 g/mol. The zero-order valence-electron chi connectivity index (χ0n) is 10.8. The fourth-order valence-electron chi connectivity index (χ4n) is 1.34. The number of carboxylic acids is 1. The Morgan fingerprint density at radius 3 is 2.84 bits per heavy atom. The maximum atomic E-state index is 11.5. The standard InChI is InChI=1S/C11H17N3O4S/c1-7-5-12-9(18-7)6-13-11(17)14-8(10(15)16)3-4-19-2/h5,8H,3-4,6H2,1-2H3,(H,15,16)(H2,13,14,17). The number of carboxylic acid groups (broad SMARTS) is 1. The SMILES string of the molecule is CSCCC(NC(=O)NCc1ncc(C)o1)C(=O)O. The molecule has 3 N–H and O–H groups in total. The minimum atomic E-state index is -1.05. The smallest absolute Gasteiger partial charge is 0.326 e. The molecule has 1 unspecified atom stereocenters. The van der Waals surface area contributed by atoms with E-state index in [-0.39, 0.29) is 6.54 Å². The van der Waals surface area contributed by atoms with Crippen molar-refractivity contribution < 1.29 is 19.1 Å². The van der Waals surface area contributed by atoms with Gasteiger partial charge in [-0.25, -0.2) is 14.6 Å². The fourth-order valence-corrected chi connectivity index (χ4v) is 1.81. The van der Waals surface area contributed by atoms with E-state index in [0.717, 1.165) is 0 Å². The molecule has 0 fully saturated rings. The summed E-state index contributed by atoms with van der Waals surface area (Å²) in [6.07, 6.45) is 3.80. The summed E-state index contributed by atoms with van der Waals surface area (Å²) in [6.45, 7) is 1.87. The van der Waals surface area contributed by atoms with Crippen molar-refractivity contribution in [3.8, 4) is 0 Å². The van der Waals surface area contributed by atoms with Crippen LogP contribution in [0.25, 0.3) is 0 Å². The van der Waals surface area contributed by atoms with Gasteiger partial charge < -0.3 is 20.2 Å². The van der Waals surface area contributed by atoms with Gasteiger partial charge in [-0.3, -0.25) is 0 Å². The Labute approximate surface area is 115 Å². The number of carbonyl (C=O) groups excluding carboxylic acids is 1. The van der Waals surface area contributed by atoms with Gasteiger partial charge in [-0.2, -0.15) is 11.8 Å². The van der Waals surface area contributed by atoms with Crippen LogP contribution in [-0.4, -0.2) is 40.1 Å². The van der Waals surface area contributed by atoms with E-state index >= 15 is 0 Å². The Bertz CT molecular complexity index is 435. The fraction of sp³-hybridized carbons (Fsp3) is 0.545. The highest BCUT2D eigenvalue weighted by Gasteiger charge is 2.19. The minimum Gasteiger partial charge on any atom is -0.480 e. The van der Waals surface area contributed by atoms with Crippen LogP contribution in [0.4, 0.5) is 4.79 Å². The largest absolute Gasteiger partial charge is 0.480 e. The normalized spacial score (nSPS) is 11.9. The molecule has 1 rings (SSSR count). The average Bonchev–Trinajstić information content (AvgIpc) is 2.77. The number of rotatable bonds is 7. The molecule has 0 aliphatic carbocycles. The topological polar surface area (TPSA) is 104 Å². The Morgan fingerprint density at radius 1 is 1.58 bits per heavy atom. The molecule has 7 nitrogen and oxygen atoms in total. The van der Waals surface area contributed by atoms with Crippen LogP contribution in [0.3, 0.4) is 0 Å². The third kappa shape index (κ3) is 5.64. The molecule has 2 amide bonds. The van der Waals surface area contributed by atoms with E-state index in [0.29, 0.717) is 23.8 Å². The van der Waals surface area contributed by atoms with E-state index < -0.39 is 18.0 Å². The Kier molecular flexibility index (Phi) is 6.20. The summed E-state index contributed by atoms with van der Waals surface area (Å²) < 4.78 is 5.18. The monoisotopic (exact) mass is 287 g/mol. The number of nitrogens with zero attached hydrogens (tertiary/aromatic N) is 1. The number of amides is 2. The summed E-state index contributed by atoms with van der Waals surface area (Å²) in [5, 5.41) is 13.8. The molecule has 0 saturated heterocycles. The zero-order valence-corrected chi connectivity index (χ0v) is 11.6. The van der Waals surface area contributed by atoms with Crippen LogP contribution in [0.15, 0.2) is 10.6 Å². The van der Waals surface area contributed by atoms with E-state index in [1.165, 1.54) is 11.8 Å². The maximum absolute atomic E-state index is 11.5. The highest BCUT2D eigenvalue weighted by molar-refractivity contribution is 7.98. The first kappa shape index (κ1) is 15.4. The number of aliphatic carboxylic acids is 1. The van der Waals surface area contributed by atoms with Gasteiger partial charge in [0.05, 0.1) is 12.7 Å². The number of carbonyl (C=O) groups is 2. The summed E-state index contributed by atoms with van der Waals surface area (Å²) in [5.74, 6) is 0.649. The molecule has 1 aromatic rings. The quantitative estimate of drug-likeness (QED) is 0.690. The van der Waals surface area contributed by atoms with Crippen molar-refractivity contribution in [1.82, 2.24) is 15.6 Å². The Hall–Kier alpha value is -1.70. The van der Waals surface area contributed by atoms with Gasteiger partial charge in [-0.1, -0.05) is 0 Å². The molecule has 0 saturated carbocycles. The minimum absolute atomic E-state index is 0.120. The number of thioether (sulfide) groups is 1. The number of hydrogen-bond donors (Lipinski definition) is 3. The molecule has 0 aliphatic heterocycles. The molecule has 0 radical (unpaired) electrons. The van der Waals surface area contributed by atoms with Crippen LogP contribution in [0.1, 0.15) is 18.1 Å². The molecule has 1 atom stereocenters. The molecular formula is C11H17N3O4S. The van der Waals surface area contributed by atoms with Crippen LogP contribution in [-0.2, 0) is 11.3 Å². The van der Waals surface area contributed by atoms with E-state index in [9.17, 15) is 9.59 Å². The van der Waals surface area contributed by atoms with Crippen molar-refractivity contribution in [2.75, 3.05) is 12.0 Å². The average molecular weight is 287 g/mol. The van der Waals surface area contributed by atoms with Crippen LogP contribution < -0.4 is 10.6 Å². The molecule has 8 heteroatoms. The molecule has 1 aromatic heterocycles. The second-order valence-electron chi connectivity index (χ2n) is 3.86. The molecule has 0 spiro atoms. The molecule has 0 aliphatic rings.